The van der Waals surface area contributed by atoms with E-state index in [0.29, 0.717) is 0 Å². The number of carbonyl (C=O) groups excluding carboxylic acids is 2. The Labute approximate surface area is 177 Å². The zero-order valence-electron chi connectivity index (χ0n) is 15.6. The van der Waals surface area contributed by atoms with E-state index in [0.717, 1.165) is 30.4 Å². The van der Waals surface area contributed by atoms with E-state index in [1.807, 2.05) is 0 Å². The summed E-state index contributed by atoms with van der Waals surface area (Å²) in [5, 5.41) is 0. The summed E-state index contributed by atoms with van der Waals surface area (Å²) in [4.78, 5) is 25.2. The zero-order chi connectivity index (χ0) is 22.8. The second-order valence-corrected chi connectivity index (χ2v) is 10.0. The van der Waals surface area contributed by atoms with Gasteiger partial charge in [-0.3, -0.25) is 18.7 Å². The minimum absolute atomic E-state index is 0.0475. The molecule has 0 fully saturated rings. The van der Waals surface area contributed by atoms with Crippen molar-refractivity contribution in [2.24, 2.45) is 5.73 Å². The predicted octanol–water partition coefficient (Wildman–Crippen LogP) is 1.59. The Morgan fingerprint density at radius 2 is 1.45 bits per heavy atom. The molecule has 4 N–H and O–H groups in total. The first-order valence-corrected chi connectivity index (χ1v) is 11.7. The SMILES string of the molecule is NC1(c2c(S(=O)(=O)O)ccc3c2C(=O)c2ccccc2C3=O)C=CC(S(=O)(=O)O)=CC1. The van der Waals surface area contributed by atoms with Crippen LogP contribution in [0.2, 0.25) is 0 Å². The molecule has 0 radical (unpaired) electrons. The molecule has 0 saturated heterocycles. The molecule has 0 saturated carbocycles. The van der Waals surface area contributed by atoms with Gasteiger partial charge in [0.15, 0.2) is 11.6 Å². The molecule has 31 heavy (non-hydrogen) atoms. The van der Waals surface area contributed by atoms with Crippen LogP contribution in [0, 0.1) is 0 Å². The van der Waals surface area contributed by atoms with Crippen LogP contribution in [0.1, 0.15) is 43.8 Å². The minimum Gasteiger partial charge on any atom is -0.318 e. The number of fused-ring (bicyclic) bond motifs is 2. The normalized spacial score (nSPS) is 20.8. The van der Waals surface area contributed by atoms with E-state index in [4.69, 9.17) is 5.73 Å². The molecule has 0 amide bonds. The Morgan fingerprint density at radius 1 is 0.839 bits per heavy atom. The van der Waals surface area contributed by atoms with Crippen LogP contribution in [-0.2, 0) is 25.8 Å². The van der Waals surface area contributed by atoms with Gasteiger partial charge in [0, 0.05) is 27.8 Å². The van der Waals surface area contributed by atoms with E-state index in [9.17, 15) is 35.5 Å². The lowest BCUT2D eigenvalue weighted by Crippen LogP contribution is -2.40. The van der Waals surface area contributed by atoms with Crippen LogP contribution in [0.5, 0.6) is 0 Å². The van der Waals surface area contributed by atoms with Gasteiger partial charge in [0.25, 0.3) is 20.2 Å². The fourth-order valence-electron chi connectivity index (χ4n) is 3.86. The molecule has 11 heteroatoms. The molecule has 1 atom stereocenters. The average Bonchev–Trinajstić information content (AvgIpc) is 2.70. The van der Waals surface area contributed by atoms with Gasteiger partial charge in [-0.1, -0.05) is 36.4 Å². The Bertz CT molecular complexity index is 1450. The molecular formula is C20H15NO8S2. The highest BCUT2D eigenvalue weighted by molar-refractivity contribution is 7.90. The van der Waals surface area contributed by atoms with Gasteiger partial charge in [-0.15, -0.1) is 0 Å². The third kappa shape index (κ3) is 3.36. The van der Waals surface area contributed by atoms with Crippen LogP contribution in [-0.4, -0.2) is 37.5 Å². The summed E-state index contributed by atoms with van der Waals surface area (Å²) in [5.74, 6) is -1.18. The molecule has 0 aliphatic heterocycles. The van der Waals surface area contributed by atoms with Gasteiger partial charge in [0.1, 0.15) is 4.90 Å². The van der Waals surface area contributed by atoms with Crippen molar-refractivity contribution in [2.75, 3.05) is 0 Å². The number of rotatable bonds is 3. The maximum absolute atomic E-state index is 13.3. The van der Waals surface area contributed by atoms with E-state index in [1.54, 1.807) is 12.1 Å². The number of carbonyl (C=O) groups is 2. The molecule has 2 aromatic rings. The van der Waals surface area contributed by atoms with E-state index < -0.39 is 47.1 Å². The quantitative estimate of drug-likeness (QED) is 0.490. The molecule has 0 spiro atoms. The van der Waals surface area contributed by atoms with Gasteiger partial charge in [-0.25, -0.2) is 0 Å². The van der Waals surface area contributed by atoms with Crippen molar-refractivity contribution >= 4 is 31.8 Å². The van der Waals surface area contributed by atoms with Crippen molar-refractivity contribution in [3.05, 3.63) is 87.3 Å². The van der Waals surface area contributed by atoms with Crippen LogP contribution in [0.15, 0.2) is 64.4 Å². The van der Waals surface area contributed by atoms with Gasteiger partial charge in [0.2, 0.25) is 0 Å². The number of hydrogen-bond donors (Lipinski definition) is 3. The van der Waals surface area contributed by atoms with Crippen LogP contribution < -0.4 is 5.73 Å². The van der Waals surface area contributed by atoms with Crippen molar-refractivity contribution in [1.82, 2.24) is 0 Å². The second-order valence-electron chi connectivity index (χ2n) is 7.20. The van der Waals surface area contributed by atoms with Crippen LogP contribution in [0.3, 0.4) is 0 Å². The molecule has 9 nitrogen and oxygen atoms in total. The predicted molar refractivity (Wildman–Crippen MR) is 109 cm³/mol. The summed E-state index contributed by atoms with van der Waals surface area (Å²) >= 11 is 0. The lowest BCUT2D eigenvalue weighted by Gasteiger charge is -2.33. The summed E-state index contributed by atoms with van der Waals surface area (Å²) in [6, 6.07) is 8.12. The monoisotopic (exact) mass is 461 g/mol. The topological polar surface area (TPSA) is 169 Å². The van der Waals surface area contributed by atoms with Gasteiger partial charge < -0.3 is 5.73 Å². The molecule has 0 bridgehead atoms. The number of ketones is 2. The molecule has 2 aliphatic carbocycles. The van der Waals surface area contributed by atoms with Crippen molar-refractivity contribution in [1.29, 1.82) is 0 Å². The second kappa shape index (κ2) is 6.77. The van der Waals surface area contributed by atoms with Crippen molar-refractivity contribution in [3.63, 3.8) is 0 Å². The molecule has 160 valence electrons. The Hall–Kier alpha value is -2.96. The van der Waals surface area contributed by atoms with E-state index in [2.05, 4.69) is 0 Å². The summed E-state index contributed by atoms with van der Waals surface area (Å²) in [7, 11) is -9.42. The number of benzene rings is 2. The summed E-state index contributed by atoms with van der Waals surface area (Å²) < 4.78 is 66.0. The Balaban J connectivity index is 2.03. The number of nitrogens with two attached hydrogens (primary N) is 1. The van der Waals surface area contributed by atoms with Crippen LogP contribution in [0.4, 0.5) is 0 Å². The fourth-order valence-corrected chi connectivity index (χ4v) is 5.18. The summed E-state index contributed by atoms with van der Waals surface area (Å²) in [6.07, 6.45) is 2.81. The minimum atomic E-state index is -4.88. The highest BCUT2D eigenvalue weighted by atomic mass is 32.2. The standard InChI is InChI=1S/C20H15NO8S2/c21-20(9-7-11(8-10-20)30(24,25)26)17-15(31(27,28)29)6-5-14-16(17)19(23)13-4-2-1-3-12(13)18(14)22/h1-9H,10,21H2,(H,24,25,26)(H,27,28,29). The van der Waals surface area contributed by atoms with Gasteiger partial charge in [-0.05, 0) is 24.6 Å². The van der Waals surface area contributed by atoms with Gasteiger partial charge >= 0.3 is 0 Å². The maximum atomic E-state index is 13.3. The molecular weight excluding hydrogens is 446 g/mol. The highest BCUT2D eigenvalue weighted by Crippen LogP contribution is 2.41. The summed E-state index contributed by atoms with van der Waals surface area (Å²) in [5.41, 5.74) is 4.10. The lowest BCUT2D eigenvalue weighted by atomic mass is 9.75. The van der Waals surface area contributed by atoms with Crippen molar-refractivity contribution in [2.45, 2.75) is 16.9 Å². The highest BCUT2D eigenvalue weighted by Gasteiger charge is 2.41. The van der Waals surface area contributed by atoms with Crippen LogP contribution in [0.25, 0.3) is 0 Å². The first-order valence-electron chi connectivity index (χ1n) is 8.84. The summed E-state index contributed by atoms with van der Waals surface area (Å²) in [6.45, 7) is 0. The van der Waals surface area contributed by atoms with E-state index in [1.165, 1.54) is 12.1 Å². The smallest absolute Gasteiger partial charge is 0.294 e. The zero-order valence-corrected chi connectivity index (χ0v) is 17.3. The third-order valence-corrected chi connectivity index (χ3v) is 7.08. The molecule has 2 aliphatic rings. The van der Waals surface area contributed by atoms with Crippen LogP contribution >= 0.6 is 0 Å². The largest absolute Gasteiger partial charge is 0.318 e. The van der Waals surface area contributed by atoms with E-state index >= 15 is 0 Å². The average molecular weight is 461 g/mol. The third-order valence-electron chi connectivity index (χ3n) is 5.28. The van der Waals surface area contributed by atoms with Gasteiger partial charge in [-0.2, -0.15) is 16.8 Å². The molecule has 4 rings (SSSR count). The molecule has 1 unspecified atom stereocenters. The number of allylic oxidation sites excluding steroid dienone is 1. The molecule has 0 heterocycles. The maximum Gasteiger partial charge on any atom is 0.294 e. The Kier molecular flexibility index (Phi) is 4.65. The van der Waals surface area contributed by atoms with Crippen molar-refractivity contribution in [3.8, 4) is 0 Å². The van der Waals surface area contributed by atoms with E-state index in [-0.39, 0.29) is 34.2 Å². The first-order chi connectivity index (χ1) is 14.3. The fraction of sp³-hybridized carbons (Fsp3) is 0.100. The first kappa shape index (κ1) is 21.3. The van der Waals surface area contributed by atoms with Crippen molar-refractivity contribution < 1.29 is 35.5 Å². The molecule has 0 aromatic heterocycles. The Morgan fingerprint density at radius 3 is 1.97 bits per heavy atom. The lowest BCUT2D eigenvalue weighted by molar-refractivity contribution is 0.0977. The van der Waals surface area contributed by atoms with Gasteiger partial charge in [0.05, 0.1) is 10.4 Å². The number of hydrogen-bond acceptors (Lipinski definition) is 7. The molecule has 2 aromatic carbocycles.